The summed E-state index contributed by atoms with van der Waals surface area (Å²) in [6.07, 6.45) is 0.933. The molecule has 1 atom stereocenters. The Hall–Kier alpha value is -2.57. The van der Waals surface area contributed by atoms with Crippen molar-refractivity contribution in [3.05, 3.63) is 23.8 Å². The molecular formula is C16H19N3O4. The number of hydrogen-bond donors (Lipinski definition) is 1. The van der Waals surface area contributed by atoms with Gasteiger partial charge in [0.15, 0.2) is 0 Å². The largest absolute Gasteiger partial charge is 0.412 e. The highest BCUT2D eigenvalue weighted by Gasteiger charge is 2.40. The number of amides is 3. The Bertz CT molecular complexity index is 673. The fourth-order valence-corrected chi connectivity index (χ4v) is 3.09. The van der Waals surface area contributed by atoms with E-state index in [4.69, 9.17) is 4.74 Å². The van der Waals surface area contributed by atoms with Gasteiger partial charge < -0.3 is 19.9 Å². The van der Waals surface area contributed by atoms with Crippen LogP contribution in [0, 0.1) is 0 Å². The number of nitrogens with zero attached hydrogens (tertiary/aromatic N) is 2. The van der Waals surface area contributed by atoms with Crippen molar-refractivity contribution in [1.82, 2.24) is 10.2 Å². The molecule has 7 heteroatoms. The number of hydrogen-bond acceptors (Lipinski definition) is 4. The van der Waals surface area contributed by atoms with Crippen LogP contribution in [0.15, 0.2) is 18.2 Å². The maximum absolute atomic E-state index is 12.8. The van der Waals surface area contributed by atoms with Gasteiger partial charge in [-0.05, 0) is 38.0 Å². The van der Waals surface area contributed by atoms with E-state index < -0.39 is 12.1 Å². The highest BCUT2D eigenvalue weighted by Crippen LogP contribution is 2.33. The first-order valence-corrected chi connectivity index (χ1v) is 7.71. The van der Waals surface area contributed by atoms with Crippen LogP contribution in [0.25, 0.3) is 0 Å². The second kappa shape index (κ2) is 5.91. The number of ether oxygens (including phenoxy) is 1. The Balaban J connectivity index is 1.97. The zero-order valence-corrected chi connectivity index (χ0v) is 13.2. The maximum Gasteiger partial charge on any atom is 0.412 e. The third-order valence-corrected chi connectivity index (χ3v) is 4.22. The van der Waals surface area contributed by atoms with Crippen LogP contribution < -0.4 is 15.0 Å². The smallest absolute Gasteiger partial charge is 0.410 e. The molecular weight excluding hydrogens is 298 g/mol. The zero-order chi connectivity index (χ0) is 16.6. The number of benzene rings is 1. The predicted molar refractivity (Wildman–Crippen MR) is 83.6 cm³/mol. The van der Waals surface area contributed by atoms with E-state index in [1.54, 1.807) is 31.0 Å². The molecule has 23 heavy (non-hydrogen) atoms. The average Bonchev–Trinajstić information content (AvgIpc) is 3.00. The lowest BCUT2D eigenvalue weighted by atomic mass is 10.1. The fraction of sp³-hybridized carbons (Fsp3) is 0.438. The molecule has 2 aliphatic rings. The van der Waals surface area contributed by atoms with Gasteiger partial charge in [-0.15, -0.1) is 0 Å². The summed E-state index contributed by atoms with van der Waals surface area (Å²) in [7, 11) is 1.67. The van der Waals surface area contributed by atoms with E-state index >= 15 is 0 Å². The van der Waals surface area contributed by atoms with Crippen molar-refractivity contribution in [2.75, 3.05) is 25.0 Å². The van der Waals surface area contributed by atoms with Gasteiger partial charge in [0, 0.05) is 20.1 Å². The van der Waals surface area contributed by atoms with Gasteiger partial charge in [0.05, 0.1) is 11.3 Å². The summed E-state index contributed by atoms with van der Waals surface area (Å²) in [5.41, 5.74) is 0.921. The molecule has 2 heterocycles. The lowest BCUT2D eigenvalue weighted by Gasteiger charge is -2.22. The summed E-state index contributed by atoms with van der Waals surface area (Å²) in [6, 6.07) is 4.36. The SMILES string of the molecule is CCNC(=O)Oc1ccc2c(c1)C(=O)N1CCCC1C(=O)N2C. The van der Waals surface area contributed by atoms with Gasteiger partial charge in [-0.1, -0.05) is 0 Å². The third-order valence-electron chi connectivity index (χ3n) is 4.22. The minimum atomic E-state index is -0.572. The lowest BCUT2D eigenvalue weighted by Crippen LogP contribution is -2.43. The minimum absolute atomic E-state index is 0.0769. The van der Waals surface area contributed by atoms with Crippen LogP contribution in [0.4, 0.5) is 10.5 Å². The summed E-state index contributed by atoms with van der Waals surface area (Å²) in [6.45, 7) is 2.81. The molecule has 122 valence electrons. The first-order chi connectivity index (χ1) is 11.0. The summed E-state index contributed by atoms with van der Waals surface area (Å²) in [5, 5.41) is 2.53. The molecule has 1 N–H and O–H groups in total. The van der Waals surface area contributed by atoms with Crippen LogP contribution in [-0.4, -0.2) is 49.0 Å². The highest BCUT2D eigenvalue weighted by atomic mass is 16.6. The van der Waals surface area contributed by atoms with E-state index in [1.165, 1.54) is 11.0 Å². The number of rotatable bonds is 2. The topological polar surface area (TPSA) is 79.0 Å². The molecule has 1 aromatic rings. The van der Waals surface area contributed by atoms with E-state index in [0.717, 1.165) is 6.42 Å². The van der Waals surface area contributed by atoms with Crippen molar-refractivity contribution in [1.29, 1.82) is 0 Å². The molecule has 2 aliphatic heterocycles. The molecule has 0 spiro atoms. The minimum Gasteiger partial charge on any atom is -0.410 e. The number of likely N-dealkylation sites (N-methyl/N-ethyl adjacent to an activating group) is 1. The van der Waals surface area contributed by atoms with Gasteiger partial charge in [0.25, 0.3) is 5.91 Å². The molecule has 0 bridgehead atoms. The van der Waals surface area contributed by atoms with Crippen molar-refractivity contribution in [2.24, 2.45) is 0 Å². The first kappa shape index (κ1) is 15.3. The number of anilines is 1. The normalized spacial score (nSPS) is 20.0. The van der Waals surface area contributed by atoms with Crippen molar-refractivity contribution in [3.8, 4) is 5.75 Å². The summed E-state index contributed by atoms with van der Waals surface area (Å²) < 4.78 is 5.16. The Morgan fingerprint density at radius 3 is 2.91 bits per heavy atom. The predicted octanol–water partition coefficient (Wildman–Crippen LogP) is 1.38. The van der Waals surface area contributed by atoms with Crippen molar-refractivity contribution in [3.63, 3.8) is 0 Å². The molecule has 0 saturated carbocycles. The highest BCUT2D eigenvalue weighted by molar-refractivity contribution is 6.11. The van der Waals surface area contributed by atoms with Gasteiger partial charge in [-0.25, -0.2) is 4.79 Å². The Kier molecular flexibility index (Phi) is 3.94. The van der Waals surface area contributed by atoms with E-state index in [0.29, 0.717) is 30.8 Å². The monoisotopic (exact) mass is 317 g/mol. The number of nitrogens with one attached hydrogen (secondary N) is 1. The molecule has 0 radical (unpaired) electrons. The molecule has 1 aromatic carbocycles. The lowest BCUT2D eigenvalue weighted by molar-refractivity contribution is -0.121. The molecule has 1 fully saturated rings. The van der Waals surface area contributed by atoms with Crippen molar-refractivity contribution >= 4 is 23.6 Å². The van der Waals surface area contributed by atoms with E-state index in [9.17, 15) is 14.4 Å². The average molecular weight is 317 g/mol. The van der Waals surface area contributed by atoms with Gasteiger partial charge in [0.1, 0.15) is 11.8 Å². The van der Waals surface area contributed by atoms with Crippen LogP contribution in [0.1, 0.15) is 30.1 Å². The van der Waals surface area contributed by atoms with Crippen LogP contribution in [0.2, 0.25) is 0 Å². The Morgan fingerprint density at radius 2 is 2.17 bits per heavy atom. The van der Waals surface area contributed by atoms with Crippen molar-refractivity contribution < 1.29 is 19.1 Å². The first-order valence-electron chi connectivity index (χ1n) is 7.71. The molecule has 0 aromatic heterocycles. The number of carbonyl (C=O) groups is 3. The zero-order valence-electron chi connectivity index (χ0n) is 13.2. The second-order valence-corrected chi connectivity index (χ2v) is 5.65. The van der Waals surface area contributed by atoms with Crippen LogP contribution in [0.3, 0.4) is 0 Å². The fourth-order valence-electron chi connectivity index (χ4n) is 3.09. The second-order valence-electron chi connectivity index (χ2n) is 5.65. The van der Waals surface area contributed by atoms with Gasteiger partial charge in [-0.2, -0.15) is 0 Å². The number of carbonyl (C=O) groups excluding carboxylic acids is 3. The summed E-state index contributed by atoms with van der Waals surface area (Å²) in [5.74, 6) is 0.00934. The van der Waals surface area contributed by atoms with E-state index in [2.05, 4.69) is 5.32 Å². The van der Waals surface area contributed by atoms with Gasteiger partial charge in [-0.3, -0.25) is 9.59 Å². The Labute approximate surface area is 134 Å². The Morgan fingerprint density at radius 1 is 1.39 bits per heavy atom. The molecule has 0 aliphatic carbocycles. The molecule has 1 saturated heterocycles. The van der Waals surface area contributed by atoms with Crippen LogP contribution in [0.5, 0.6) is 5.75 Å². The quantitative estimate of drug-likeness (QED) is 0.893. The van der Waals surface area contributed by atoms with Crippen LogP contribution in [-0.2, 0) is 4.79 Å². The van der Waals surface area contributed by atoms with Gasteiger partial charge in [0.2, 0.25) is 5.91 Å². The summed E-state index contributed by atoms with van der Waals surface area (Å²) >= 11 is 0. The summed E-state index contributed by atoms with van der Waals surface area (Å²) in [4.78, 5) is 39.9. The molecule has 3 rings (SSSR count). The standard InChI is InChI=1S/C16H19N3O4/c1-3-17-16(22)23-10-6-7-12-11(9-10)14(20)19-8-4-5-13(19)15(21)18(12)2/h6-7,9,13H,3-5,8H2,1-2H3,(H,17,22). The van der Waals surface area contributed by atoms with Crippen molar-refractivity contribution in [2.45, 2.75) is 25.8 Å². The third kappa shape index (κ3) is 2.62. The molecule has 3 amide bonds. The van der Waals surface area contributed by atoms with E-state index in [-0.39, 0.29) is 17.6 Å². The molecule has 7 nitrogen and oxygen atoms in total. The number of fused-ring (bicyclic) bond motifs is 2. The van der Waals surface area contributed by atoms with Gasteiger partial charge >= 0.3 is 6.09 Å². The maximum atomic E-state index is 12.8. The molecule has 1 unspecified atom stereocenters. The van der Waals surface area contributed by atoms with E-state index in [1.807, 2.05) is 0 Å². The van der Waals surface area contributed by atoms with Crippen LogP contribution >= 0.6 is 0 Å².